The minimum atomic E-state index is 0.819. The number of benzene rings is 12. The maximum absolute atomic E-state index is 5.87. The summed E-state index contributed by atoms with van der Waals surface area (Å²) < 4.78 is 4.80. The van der Waals surface area contributed by atoms with Gasteiger partial charge in [0.2, 0.25) is 0 Å². The second-order valence-electron chi connectivity index (χ2n) is 18.9. The molecule has 0 spiro atoms. The number of nitrogens with zero attached hydrogens (tertiary/aromatic N) is 6. The minimum Gasteiger partial charge on any atom is -0.310 e. The Bertz CT molecular complexity index is 4280. The Morgan fingerprint density at radius 1 is 0.216 bits per heavy atom. The highest BCUT2D eigenvalue weighted by atomic mass is 15.2. The largest absolute Gasteiger partial charge is 0.310 e. The van der Waals surface area contributed by atoms with Crippen molar-refractivity contribution in [1.82, 2.24) is 19.1 Å². The summed E-state index contributed by atoms with van der Waals surface area (Å²) in [6.45, 7) is 0. The molecule has 6 nitrogen and oxygen atoms in total. The average Bonchev–Trinajstić information content (AvgIpc) is 3.99. The van der Waals surface area contributed by atoms with Gasteiger partial charge in [0.25, 0.3) is 0 Å². The summed E-state index contributed by atoms with van der Waals surface area (Å²) in [7, 11) is 0. The predicted octanol–water partition coefficient (Wildman–Crippen LogP) is 18.2. The van der Waals surface area contributed by atoms with E-state index in [1.165, 1.54) is 0 Å². The Morgan fingerprint density at radius 2 is 0.514 bits per heavy atom. The summed E-state index contributed by atoms with van der Waals surface area (Å²) in [5, 5.41) is 9.08. The third kappa shape index (κ3) is 6.45. The zero-order valence-corrected chi connectivity index (χ0v) is 40.1. The number of fused-ring (bicyclic) bond motifs is 13. The topological polar surface area (TPSA) is 42.1 Å². The first-order valence-electron chi connectivity index (χ1n) is 25.2. The van der Waals surface area contributed by atoms with Gasteiger partial charge in [-0.15, -0.1) is 0 Å². The first kappa shape index (κ1) is 41.7. The molecule has 0 fully saturated rings. The van der Waals surface area contributed by atoms with E-state index in [2.05, 4.69) is 286 Å². The average molecular weight is 945 g/mol. The Balaban J connectivity index is 1.02. The molecule has 6 heteroatoms. The molecule has 15 aromatic rings. The van der Waals surface area contributed by atoms with Crippen molar-refractivity contribution in [3.05, 3.63) is 267 Å². The van der Waals surface area contributed by atoms with Crippen LogP contribution in [-0.2, 0) is 0 Å². The number of aromatic nitrogens is 4. The molecule has 15 rings (SSSR count). The highest BCUT2D eigenvalue weighted by Crippen LogP contribution is 2.45. The number of hydrogen-bond acceptors (Lipinski definition) is 4. The molecule has 12 aromatic carbocycles. The van der Waals surface area contributed by atoms with Gasteiger partial charge in [-0.1, -0.05) is 158 Å². The molecule has 346 valence electrons. The van der Waals surface area contributed by atoms with E-state index in [4.69, 9.17) is 9.97 Å². The van der Waals surface area contributed by atoms with Gasteiger partial charge >= 0.3 is 0 Å². The Kier molecular flexibility index (Phi) is 9.47. The first-order valence-corrected chi connectivity index (χ1v) is 25.2. The molecule has 0 amide bonds. The lowest BCUT2D eigenvalue weighted by molar-refractivity contribution is 1.15. The van der Waals surface area contributed by atoms with Gasteiger partial charge in [0, 0.05) is 66.4 Å². The molecule has 0 saturated carbocycles. The molecule has 0 aliphatic carbocycles. The lowest BCUT2D eigenvalue weighted by atomic mass is 9.99. The summed E-state index contributed by atoms with van der Waals surface area (Å²) >= 11 is 0. The third-order valence-corrected chi connectivity index (χ3v) is 14.8. The van der Waals surface area contributed by atoms with Crippen molar-refractivity contribution in [3.8, 4) is 11.4 Å². The van der Waals surface area contributed by atoms with Crippen LogP contribution in [0.15, 0.2) is 267 Å². The van der Waals surface area contributed by atoms with Crippen molar-refractivity contribution < 1.29 is 0 Å². The van der Waals surface area contributed by atoms with E-state index in [0.29, 0.717) is 0 Å². The summed E-state index contributed by atoms with van der Waals surface area (Å²) in [6.07, 6.45) is 0. The van der Waals surface area contributed by atoms with Crippen LogP contribution in [0.2, 0.25) is 0 Å². The van der Waals surface area contributed by atoms with Crippen LogP contribution in [0.5, 0.6) is 0 Å². The van der Waals surface area contributed by atoms with Gasteiger partial charge in [-0.2, -0.15) is 0 Å². The molecule has 3 aromatic heterocycles. The summed E-state index contributed by atoms with van der Waals surface area (Å²) in [6, 6.07) is 95.5. The Morgan fingerprint density at radius 3 is 0.878 bits per heavy atom. The summed E-state index contributed by atoms with van der Waals surface area (Å²) in [4.78, 5) is 16.4. The van der Waals surface area contributed by atoms with Crippen molar-refractivity contribution in [3.63, 3.8) is 0 Å². The molecule has 3 heterocycles. The number of hydrogen-bond donors (Lipinski definition) is 0. The second-order valence-corrected chi connectivity index (χ2v) is 18.9. The standard InChI is InChI=1S/C68H44N6/c1-5-21-45(22-6-1)71(46-23-7-2-8-24-46)49-37-39-61-57(43-49)53-31-17-19-35-59(53)73(61)63-41-42-64(68-67(63)69-65-55-33-15-13-29-51(55)52-30-14-16-34-56(52)66(65)70-68)74-60-36-20-18-32-54(60)58-44-50(38-40-62(58)74)72(47-25-9-3-10-26-47)48-27-11-4-12-28-48/h1-44H. The Hall–Kier alpha value is -10.0. The number of anilines is 6. The zero-order valence-electron chi connectivity index (χ0n) is 40.1. The normalized spacial score (nSPS) is 11.8. The van der Waals surface area contributed by atoms with Crippen molar-refractivity contribution in [2.75, 3.05) is 9.80 Å². The van der Waals surface area contributed by atoms with Gasteiger partial charge < -0.3 is 18.9 Å². The first-order chi connectivity index (χ1) is 36.7. The van der Waals surface area contributed by atoms with Gasteiger partial charge in [0.05, 0.1) is 44.5 Å². The van der Waals surface area contributed by atoms with Gasteiger partial charge in [0.1, 0.15) is 11.0 Å². The molecule has 0 N–H and O–H groups in total. The molecule has 74 heavy (non-hydrogen) atoms. The highest BCUT2D eigenvalue weighted by Gasteiger charge is 2.24. The van der Waals surface area contributed by atoms with Crippen LogP contribution in [-0.4, -0.2) is 19.1 Å². The monoisotopic (exact) mass is 944 g/mol. The maximum atomic E-state index is 5.87. The van der Waals surface area contributed by atoms with Crippen molar-refractivity contribution >= 4 is 121 Å². The van der Waals surface area contributed by atoms with Gasteiger partial charge in [-0.3, -0.25) is 0 Å². The van der Waals surface area contributed by atoms with E-state index in [0.717, 1.165) is 133 Å². The van der Waals surface area contributed by atoms with Crippen LogP contribution in [0.4, 0.5) is 34.1 Å². The minimum absolute atomic E-state index is 0.819. The van der Waals surface area contributed by atoms with Crippen molar-refractivity contribution in [2.24, 2.45) is 0 Å². The van der Waals surface area contributed by atoms with Crippen LogP contribution in [0.1, 0.15) is 0 Å². The predicted molar refractivity (Wildman–Crippen MR) is 310 cm³/mol. The fraction of sp³-hybridized carbons (Fsp3) is 0. The van der Waals surface area contributed by atoms with Crippen LogP contribution in [0.25, 0.3) is 98.6 Å². The molecule has 0 aliphatic heterocycles. The van der Waals surface area contributed by atoms with Crippen molar-refractivity contribution in [1.29, 1.82) is 0 Å². The molecule has 0 radical (unpaired) electrons. The van der Waals surface area contributed by atoms with E-state index in [9.17, 15) is 0 Å². The fourth-order valence-electron chi connectivity index (χ4n) is 11.6. The number of para-hydroxylation sites is 6. The van der Waals surface area contributed by atoms with Gasteiger partial charge in [-0.25, -0.2) is 9.97 Å². The van der Waals surface area contributed by atoms with E-state index < -0.39 is 0 Å². The molecular formula is C68H44N6. The fourth-order valence-corrected chi connectivity index (χ4v) is 11.6. The molecular weight excluding hydrogens is 901 g/mol. The highest BCUT2D eigenvalue weighted by molar-refractivity contribution is 6.24. The molecule has 0 unspecified atom stereocenters. The molecule has 0 atom stereocenters. The lowest BCUT2D eigenvalue weighted by Crippen LogP contribution is -2.09. The van der Waals surface area contributed by atoms with Crippen LogP contribution < -0.4 is 9.80 Å². The van der Waals surface area contributed by atoms with E-state index in [1.807, 2.05) is 0 Å². The van der Waals surface area contributed by atoms with E-state index >= 15 is 0 Å². The SMILES string of the molecule is c1ccc(N(c2ccccc2)c2ccc3c(c2)c2ccccc2n3-c2ccc(-n3c4ccccc4c4cc(N(c5ccccc5)c5ccccc5)ccc43)c3nc4c5ccccc5c5ccccc5c4nc23)cc1. The Labute approximate surface area is 426 Å². The quantitative estimate of drug-likeness (QED) is 0.112. The summed E-state index contributed by atoms with van der Waals surface area (Å²) in [5.41, 5.74) is 16.2. The van der Waals surface area contributed by atoms with Crippen molar-refractivity contribution in [2.45, 2.75) is 0 Å². The van der Waals surface area contributed by atoms with E-state index in [1.54, 1.807) is 0 Å². The number of rotatable bonds is 8. The van der Waals surface area contributed by atoms with Crippen LogP contribution in [0, 0.1) is 0 Å². The van der Waals surface area contributed by atoms with Crippen LogP contribution in [0.3, 0.4) is 0 Å². The van der Waals surface area contributed by atoms with Gasteiger partial charge in [0.15, 0.2) is 0 Å². The van der Waals surface area contributed by atoms with E-state index in [-0.39, 0.29) is 0 Å². The second kappa shape index (κ2) is 16.8. The smallest absolute Gasteiger partial charge is 0.116 e. The zero-order chi connectivity index (χ0) is 48.7. The molecule has 0 bridgehead atoms. The van der Waals surface area contributed by atoms with Gasteiger partial charge in [-0.05, 0) is 120 Å². The molecule has 0 aliphatic rings. The molecule has 0 saturated heterocycles. The summed E-state index contributed by atoms with van der Waals surface area (Å²) in [5.74, 6) is 0. The maximum Gasteiger partial charge on any atom is 0.116 e. The third-order valence-electron chi connectivity index (χ3n) is 14.8. The lowest BCUT2D eigenvalue weighted by Gasteiger charge is -2.25. The van der Waals surface area contributed by atoms with Crippen LogP contribution >= 0.6 is 0 Å².